The predicted octanol–water partition coefficient (Wildman–Crippen LogP) is 3.04. The Bertz CT molecular complexity index is 1640. The number of hydrogen-bond donors (Lipinski definition) is 1. The van der Waals surface area contributed by atoms with Gasteiger partial charge in [-0.1, -0.05) is 6.07 Å². The van der Waals surface area contributed by atoms with Crippen LogP contribution in [0, 0.1) is 11.3 Å². The minimum absolute atomic E-state index is 0.0356. The van der Waals surface area contributed by atoms with Crippen molar-refractivity contribution < 1.29 is 9.47 Å². The Kier molecular flexibility index (Phi) is 5.33. The molecule has 0 aliphatic carbocycles. The lowest BCUT2D eigenvalue weighted by atomic mass is 9.87. The second-order valence-electron chi connectivity index (χ2n) is 9.70. The summed E-state index contributed by atoms with van der Waals surface area (Å²) in [6, 6.07) is 13.1. The van der Waals surface area contributed by atoms with Crippen LogP contribution in [0.2, 0.25) is 0 Å². The Morgan fingerprint density at radius 1 is 1.11 bits per heavy atom. The smallest absolute Gasteiger partial charge is 0.212 e. The number of nitrogens with zero attached hydrogens (tertiary/aromatic N) is 8. The fourth-order valence-electron chi connectivity index (χ4n) is 5.66. The molecule has 8 rings (SSSR count). The molecule has 3 aliphatic rings. The van der Waals surface area contributed by atoms with Crippen LogP contribution in [0.1, 0.15) is 12.0 Å². The largest absolute Gasteiger partial charge is 0.481 e. The fourth-order valence-corrected chi connectivity index (χ4v) is 5.66. The van der Waals surface area contributed by atoms with Crippen LogP contribution in [0.5, 0.6) is 11.6 Å². The van der Waals surface area contributed by atoms with Crippen LogP contribution in [-0.4, -0.2) is 73.6 Å². The summed E-state index contributed by atoms with van der Waals surface area (Å²) in [7, 11) is 1.63. The van der Waals surface area contributed by atoms with E-state index in [0.717, 1.165) is 47.5 Å². The molecule has 2 bridgehead atoms. The Hall–Kier alpha value is -4.69. The third-order valence-electron chi connectivity index (χ3n) is 7.51. The first-order valence-corrected chi connectivity index (χ1v) is 12.5. The van der Waals surface area contributed by atoms with E-state index in [1.807, 2.05) is 30.6 Å². The van der Waals surface area contributed by atoms with Crippen LogP contribution in [0.15, 0.2) is 55.1 Å². The number of rotatable bonds is 7. The summed E-state index contributed by atoms with van der Waals surface area (Å²) in [5, 5.41) is 21.5. The van der Waals surface area contributed by atoms with Crippen LogP contribution in [-0.2, 0) is 6.54 Å². The first-order valence-electron chi connectivity index (χ1n) is 12.5. The number of nitriles is 1. The number of nitrogens with one attached hydrogen (secondary N) is 1. The normalized spacial score (nSPS) is 18.9. The first-order chi connectivity index (χ1) is 18.7. The molecule has 11 heteroatoms. The number of anilines is 1. The molecule has 5 aromatic rings. The summed E-state index contributed by atoms with van der Waals surface area (Å²) < 4.78 is 12.6. The van der Waals surface area contributed by atoms with Crippen molar-refractivity contribution in [3.63, 3.8) is 0 Å². The number of fused-ring (bicyclic) bond motifs is 5. The molecule has 38 heavy (non-hydrogen) atoms. The molecule has 8 heterocycles. The highest BCUT2D eigenvalue weighted by molar-refractivity contribution is 6.00. The lowest BCUT2D eigenvalue weighted by Crippen LogP contribution is -2.68. The van der Waals surface area contributed by atoms with Crippen LogP contribution < -0.4 is 14.4 Å². The molecule has 0 aromatic carbocycles. The average Bonchev–Trinajstić information content (AvgIpc) is 3.56. The van der Waals surface area contributed by atoms with Gasteiger partial charge in [0.25, 0.3) is 0 Å². The van der Waals surface area contributed by atoms with Crippen molar-refractivity contribution >= 4 is 22.4 Å². The van der Waals surface area contributed by atoms with Crippen LogP contribution >= 0.6 is 0 Å². The van der Waals surface area contributed by atoms with Gasteiger partial charge < -0.3 is 14.4 Å². The maximum atomic E-state index is 8.96. The number of pyridine rings is 3. The van der Waals surface area contributed by atoms with Crippen LogP contribution in [0.4, 0.5) is 5.82 Å². The Morgan fingerprint density at radius 3 is 2.74 bits per heavy atom. The van der Waals surface area contributed by atoms with E-state index in [2.05, 4.69) is 48.3 Å². The van der Waals surface area contributed by atoms with Gasteiger partial charge in [-0.05, 0) is 30.2 Å². The summed E-state index contributed by atoms with van der Waals surface area (Å²) in [5.41, 5.74) is 4.67. The van der Waals surface area contributed by atoms with Gasteiger partial charge in [0.2, 0.25) is 5.88 Å². The number of hydrogen-bond acceptors (Lipinski definition) is 9. The van der Waals surface area contributed by atoms with Gasteiger partial charge in [-0.15, -0.1) is 5.10 Å². The highest BCUT2D eigenvalue weighted by Crippen LogP contribution is 2.37. The van der Waals surface area contributed by atoms with Gasteiger partial charge in [0.05, 0.1) is 30.4 Å². The Labute approximate surface area is 218 Å². The van der Waals surface area contributed by atoms with Gasteiger partial charge in [-0.25, -0.2) is 14.5 Å². The number of H-pyrrole nitrogens is 1. The predicted molar refractivity (Wildman–Crippen MR) is 140 cm³/mol. The number of aromatic nitrogens is 6. The zero-order valence-corrected chi connectivity index (χ0v) is 20.8. The molecule has 5 aromatic heterocycles. The molecule has 3 aliphatic heterocycles. The van der Waals surface area contributed by atoms with Gasteiger partial charge in [-0.2, -0.15) is 10.4 Å². The number of aromatic amines is 1. The van der Waals surface area contributed by atoms with E-state index in [4.69, 9.17) is 19.7 Å². The van der Waals surface area contributed by atoms with Crippen molar-refractivity contribution in [2.75, 3.05) is 31.7 Å². The van der Waals surface area contributed by atoms with Gasteiger partial charge in [0, 0.05) is 61.3 Å². The summed E-state index contributed by atoms with van der Waals surface area (Å²) in [6.45, 7) is 2.77. The second-order valence-corrected chi connectivity index (χ2v) is 9.70. The molecule has 2 unspecified atom stereocenters. The maximum absolute atomic E-state index is 8.96. The Balaban J connectivity index is 1.11. The number of piperidine rings is 1. The van der Waals surface area contributed by atoms with Crippen molar-refractivity contribution in [2.24, 2.45) is 0 Å². The lowest BCUT2D eigenvalue weighted by molar-refractivity contribution is -0.00876. The van der Waals surface area contributed by atoms with Crippen molar-refractivity contribution in [3.8, 4) is 28.8 Å². The highest BCUT2D eigenvalue weighted by atomic mass is 16.5. The van der Waals surface area contributed by atoms with Crippen molar-refractivity contribution in [3.05, 3.63) is 60.7 Å². The quantitative estimate of drug-likeness (QED) is 0.354. The van der Waals surface area contributed by atoms with Gasteiger partial charge in [0.1, 0.15) is 17.6 Å². The average molecular weight is 508 g/mol. The Morgan fingerprint density at radius 2 is 2.00 bits per heavy atom. The van der Waals surface area contributed by atoms with Gasteiger partial charge in [-0.3, -0.25) is 10.00 Å². The van der Waals surface area contributed by atoms with Crippen LogP contribution in [0.25, 0.3) is 27.7 Å². The monoisotopic (exact) mass is 507 g/mol. The molecule has 1 N–H and O–H groups in total. The molecule has 3 saturated heterocycles. The lowest BCUT2D eigenvalue weighted by Gasteiger charge is -2.56. The first kappa shape index (κ1) is 22.5. The van der Waals surface area contributed by atoms with Crippen molar-refractivity contribution in [2.45, 2.75) is 25.0 Å². The summed E-state index contributed by atoms with van der Waals surface area (Å²) >= 11 is 0. The summed E-state index contributed by atoms with van der Waals surface area (Å²) in [5.74, 6) is 2.19. The van der Waals surface area contributed by atoms with E-state index in [9.17, 15) is 0 Å². The highest BCUT2D eigenvalue weighted by Gasteiger charge is 2.44. The number of ether oxygens (including phenoxy) is 2. The van der Waals surface area contributed by atoms with Crippen molar-refractivity contribution in [1.82, 2.24) is 34.7 Å². The fraction of sp³-hybridized carbons (Fsp3) is 0.296. The molecule has 0 amide bonds. The van der Waals surface area contributed by atoms with Crippen LogP contribution in [0.3, 0.4) is 0 Å². The molecule has 0 radical (unpaired) electrons. The minimum atomic E-state index is -0.0356. The third-order valence-corrected chi connectivity index (χ3v) is 7.51. The van der Waals surface area contributed by atoms with Crippen molar-refractivity contribution in [1.29, 1.82) is 5.26 Å². The molecule has 2 atom stereocenters. The van der Waals surface area contributed by atoms with E-state index in [1.54, 1.807) is 24.0 Å². The zero-order valence-electron chi connectivity index (χ0n) is 20.8. The molecule has 3 fully saturated rings. The van der Waals surface area contributed by atoms with E-state index in [1.165, 1.54) is 12.0 Å². The minimum Gasteiger partial charge on any atom is -0.481 e. The topological polar surface area (TPSA) is 120 Å². The SMILES string of the molecule is COc1ccc(CN2C3CC2CN(c2ccc(-c4cc(OCC#N)cn5nc6[nH]ncc6c45)cn2)C3)cn1. The maximum Gasteiger partial charge on any atom is 0.212 e. The zero-order chi connectivity index (χ0) is 25.6. The van der Waals surface area contributed by atoms with Gasteiger partial charge >= 0.3 is 0 Å². The third kappa shape index (κ3) is 3.77. The van der Waals surface area contributed by atoms with E-state index in [-0.39, 0.29) is 6.61 Å². The molecule has 190 valence electrons. The number of piperazine rings is 1. The molecule has 0 spiro atoms. The van der Waals surface area contributed by atoms with Gasteiger partial charge in [0.15, 0.2) is 12.3 Å². The summed E-state index contributed by atoms with van der Waals surface area (Å²) in [6.07, 6.45) is 8.57. The second kappa shape index (κ2) is 9.00. The summed E-state index contributed by atoms with van der Waals surface area (Å²) in [4.78, 5) is 14.1. The molecular formula is C27H25N9O2. The standard InChI is InChI=1S/C27H25N9O2/c1-37-25-5-2-17(10-30-25)13-35-19-8-20(35)15-34(14-19)24-4-3-18(11-29-24)22-9-21(38-7-6-28)16-36-26(22)23-12-31-32-27(23)33-36/h2-5,9-12,16,19-20H,7-8,13-15H2,1H3,(H,32,33). The molecule has 0 saturated carbocycles. The molecular weight excluding hydrogens is 482 g/mol. The van der Waals surface area contributed by atoms with E-state index < -0.39 is 0 Å². The number of methoxy groups -OCH3 is 1. The molecule has 11 nitrogen and oxygen atoms in total. The van der Waals surface area contributed by atoms with E-state index in [0.29, 0.717) is 29.4 Å². The van der Waals surface area contributed by atoms with E-state index >= 15 is 0 Å².